The van der Waals surface area contributed by atoms with E-state index in [1.807, 2.05) is 36.4 Å². The molecule has 1 heterocycles. The molecule has 6 heteroatoms. The molecule has 24 heavy (non-hydrogen) atoms. The molecule has 1 aliphatic rings. The third kappa shape index (κ3) is 3.70. The molecular weight excluding hydrogens is 436 g/mol. The molecule has 0 radical (unpaired) electrons. The van der Waals surface area contributed by atoms with Crippen LogP contribution < -0.4 is 10.2 Å². The van der Waals surface area contributed by atoms with E-state index in [0.29, 0.717) is 12.2 Å². The summed E-state index contributed by atoms with van der Waals surface area (Å²) in [5.74, 6) is -0.123. The van der Waals surface area contributed by atoms with Crippen LogP contribution in [-0.4, -0.2) is 18.4 Å². The summed E-state index contributed by atoms with van der Waals surface area (Å²) < 4.78 is 1.84. The fourth-order valence-electron chi connectivity index (χ4n) is 2.95. The summed E-state index contributed by atoms with van der Waals surface area (Å²) in [5, 5.41) is 2.96. The molecule has 0 bridgehead atoms. The Labute approximate surface area is 157 Å². The van der Waals surface area contributed by atoms with E-state index in [9.17, 15) is 9.59 Å². The molecule has 2 aromatic carbocycles. The molecule has 0 aliphatic carbocycles. The summed E-state index contributed by atoms with van der Waals surface area (Å²) in [6.45, 7) is 2.19. The number of nitrogens with one attached hydrogen (secondary N) is 1. The Hall–Kier alpha value is -1.66. The van der Waals surface area contributed by atoms with Crippen molar-refractivity contribution in [1.82, 2.24) is 0 Å². The summed E-state index contributed by atoms with van der Waals surface area (Å²) in [6.07, 6.45) is 1.07. The molecule has 4 nitrogen and oxygen atoms in total. The van der Waals surface area contributed by atoms with Gasteiger partial charge in [-0.15, -0.1) is 0 Å². The van der Waals surface area contributed by atoms with Gasteiger partial charge in [0.05, 0.1) is 17.8 Å². The molecule has 124 valence electrons. The normalized spacial score (nSPS) is 12.9. The van der Waals surface area contributed by atoms with Crippen molar-refractivity contribution in [3.05, 3.63) is 56.5 Å². The number of rotatable bonds is 3. The van der Waals surface area contributed by atoms with Crippen molar-refractivity contribution < 1.29 is 9.59 Å². The molecule has 2 aromatic rings. The van der Waals surface area contributed by atoms with E-state index in [1.54, 1.807) is 11.8 Å². The summed E-state index contributed by atoms with van der Waals surface area (Å²) in [7, 11) is 0. The number of hydrogen-bond acceptors (Lipinski definition) is 2. The highest BCUT2D eigenvalue weighted by Gasteiger charge is 2.26. The summed E-state index contributed by atoms with van der Waals surface area (Å²) in [6, 6.07) is 11.5. The van der Waals surface area contributed by atoms with Crippen LogP contribution in [0, 0.1) is 0 Å². The smallest absolute Gasteiger partial charge is 0.228 e. The summed E-state index contributed by atoms with van der Waals surface area (Å²) in [4.78, 5) is 26.0. The fraction of sp³-hybridized carbons (Fsp3) is 0.222. The second-order valence-corrected chi connectivity index (χ2v) is 7.57. The number of carbonyl (C=O) groups excluding carboxylic acids is 2. The number of halogens is 2. The molecule has 1 N–H and O–H groups in total. The van der Waals surface area contributed by atoms with E-state index in [0.717, 1.165) is 32.2 Å². The van der Waals surface area contributed by atoms with Gasteiger partial charge in [-0.05, 0) is 41.8 Å². The topological polar surface area (TPSA) is 49.4 Å². The van der Waals surface area contributed by atoms with Crippen LogP contribution in [0.15, 0.2) is 45.3 Å². The highest BCUT2D eigenvalue weighted by Crippen LogP contribution is 2.38. The Morgan fingerprint density at radius 3 is 2.67 bits per heavy atom. The second kappa shape index (κ2) is 7.07. The van der Waals surface area contributed by atoms with Gasteiger partial charge < -0.3 is 10.2 Å². The van der Waals surface area contributed by atoms with Gasteiger partial charge >= 0.3 is 0 Å². The lowest BCUT2D eigenvalue weighted by molar-refractivity contribution is -0.117. The molecule has 0 unspecified atom stereocenters. The minimum Gasteiger partial charge on any atom is -0.324 e. The minimum atomic E-state index is -0.108. The zero-order valence-corrected chi connectivity index (χ0v) is 16.3. The zero-order valence-electron chi connectivity index (χ0n) is 13.1. The van der Waals surface area contributed by atoms with Crippen LogP contribution in [0.3, 0.4) is 0 Å². The number of anilines is 2. The fourth-order valence-corrected chi connectivity index (χ4v) is 3.90. The van der Waals surface area contributed by atoms with Crippen LogP contribution in [0.2, 0.25) is 0 Å². The van der Waals surface area contributed by atoms with Crippen molar-refractivity contribution in [3.8, 4) is 0 Å². The van der Waals surface area contributed by atoms with E-state index in [-0.39, 0.29) is 18.2 Å². The van der Waals surface area contributed by atoms with Crippen molar-refractivity contribution in [1.29, 1.82) is 0 Å². The largest absolute Gasteiger partial charge is 0.324 e. The Morgan fingerprint density at radius 2 is 1.96 bits per heavy atom. The molecule has 2 amide bonds. The van der Waals surface area contributed by atoms with Gasteiger partial charge in [0.2, 0.25) is 11.8 Å². The van der Waals surface area contributed by atoms with Gasteiger partial charge in [0, 0.05) is 22.4 Å². The predicted octanol–water partition coefficient (Wildman–Crippen LogP) is 4.30. The van der Waals surface area contributed by atoms with Crippen molar-refractivity contribution in [3.63, 3.8) is 0 Å². The first-order chi connectivity index (χ1) is 11.4. The molecule has 0 saturated heterocycles. The molecule has 0 fully saturated rings. The molecular formula is C18H16Br2N2O2. The second-order valence-electron chi connectivity index (χ2n) is 5.74. The van der Waals surface area contributed by atoms with Gasteiger partial charge in [-0.25, -0.2) is 0 Å². The van der Waals surface area contributed by atoms with Gasteiger partial charge in [-0.2, -0.15) is 0 Å². The first-order valence-corrected chi connectivity index (χ1v) is 9.17. The van der Waals surface area contributed by atoms with Gasteiger partial charge in [-0.3, -0.25) is 9.59 Å². The van der Waals surface area contributed by atoms with E-state index < -0.39 is 0 Å². The zero-order chi connectivity index (χ0) is 17.3. The molecule has 1 aliphatic heterocycles. The maximum atomic E-state index is 12.4. The lowest BCUT2D eigenvalue weighted by Gasteiger charge is -2.19. The average Bonchev–Trinajstić information content (AvgIpc) is 2.91. The van der Waals surface area contributed by atoms with E-state index >= 15 is 0 Å². The molecule has 0 atom stereocenters. The Bertz CT molecular complexity index is 821. The summed E-state index contributed by atoms with van der Waals surface area (Å²) in [5.41, 5.74) is 3.48. The lowest BCUT2D eigenvalue weighted by Crippen LogP contribution is -2.27. The minimum absolute atomic E-state index is 0.0152. The SMILES string of the molecule is CC(=O)N1CCc2cc(Br)cc(NC(=O)Cc3cccc(Br)c3)c21. The van der Waals surface area contributed by atoms with Crippen LogP contribution in [0.25, 0.3) is 0 Å². The number of benzene rings is 2. The predicted molar refractivity (Wildman–Crippen MR) is 102 cm³/mol. The van der Waals surface area contributed by atoms with Gasteiger partial charge in [-0.1, -0.05) is 44.0 Å². The maximum Gasteiger partial charge on any atom is 0.228 e. The first-order valence-electron chi connectivity index (χ1n) is 7.59. The van der Waals surface area contributed by atoms with E-state index in [2.05, 4.69) is 37.2 Å². The monoisotopic (exact) mass is 450 g/mol. The molecule has 0 spiro atoms. The number of fused-ring (bicyclic) bond motifs is 1. The van der Waals surface area contributed by atoms with Crippen molar-refractivity contribution >= 4 is 55.0 Å². The standard InChI is InChI=1S/C18H16Br2N2O2/c1-11(23)22-6-5-13-9-15(20)10-16(18(13)22)21-17(24)8-12-3-2-4-14(19)7-12/h2-4,7,9-10H,5-6,8H2,1H3,(H,21,24). The van der Waals surface area contributed by atoms with Crippen molar-refractivity contribution in [2.75, 3.05) is 16.8 Å². The third-order valence-corrected chi connectivity index (χ3v) is 4.89. The van der Waals surface area contributed by atoms with Gasteiger partial charge in [0.15, 0.2) is 0 Å². The Morgan fingerprint density at radius 1 is 1.17 bits per heavy atom. The molecule has 0 saturated carbocycles. The number of amides is 2. The number of nitrogens with zero attached hydrogens (tertiary/aromatic N) is 1. The molecule has 0 aromatic heterocycles. The number of carbonyl (C=O) groups is 2. The summed E-state index contributed by atoms with van der Waals surface area (Å²) >= 11 is 6.89. The average molecular weight is 452 g/mol. The van der Waals surface area contributed by atoms with Crippen LogP contribution in [0.5, 0.6) is 0 Å². The highest BCUT2D eigenvalue weighted by molar-refractivity contribution is 9.10. The van der Waals surface area contributed by atoms with Crippen LogP contribution in [0.4, 0.5) is 11.4 Å². The quantitative estimate of drug-likeness (QED) is 0.756. The van der Waals surface area contributed by atoms with Crippen molar-refractivity contribution in [2.24, 2.45) is 0 Å². The Kier molecular flexibility index (Phi) is 5.06. The third-order valence-electron chi connectivity index (χ3n) is 3.94. The first kappa shape index (κ1) is 17.2. The lowest BCUT2D eigenvalue weighted by atomic mass is 10.1. The van der Waals surface area contributed by atoms with E-state index in [1.165, 1.54) is 0 Å². The van der Waals surface area contributed by atoms with Crippen molar-refractivity contribution in [2.45, 2.75) is 19.8 Å². The highest BCUT2D eigenvalue weighted by atomic mass is 79.9. The van der Waals surface area contributed by atoms with Gasteiger partial charge in [0.25, 0.3) is 0 Å². The van der Waals surface area contributed by atoms with Crippen LogP contribution in [-0.2, 0) is 22.4 Å². The molecule has 3 rings (SSSR count). The Balaban J connectivity index is 1.85. The van der Waals surface area contributed by atoms with Crippen LogP contribution >= 0.6 is 31.9 Å². The van der Waals surface area contributed by atoms with E-state index in [4.69, 9.17) is 0 Å². The van der Waals surface area contributed by atoms with Crippen LogP contribution in [0.1, 0.15) is 18.1 Å². The maximum absolute atomic E-state index is 12.4. The van der Waals surface area contributed by atoms with Gasteiger partial charge in [0.1, 0.15) is 0 Å². The number of hydrogen-bond donors (Lipinski definition) is 1.